The maximum absolute atomic E-state index is 6.13. The zero-order valence-electron chi connectivity index (χ0n) is 13.6. The molecule has 0 saturated carbocycles. The van der Waals surface area contributed by atoms with E-state index < -0.39 is 0 Å². The van der Waals surface area contributed by atoms with Gasteiger partial charge >= 0.3 is 0 Å². The number of rotatable bonds is 5. The summed E-state index contributed by atoms with van der Waals surface area (Å²) in [4.78, 5) is 0. The third-order valence-electron chi connectivity index (χ3n) is 3.56. The van der Waals surface area contributed by atoms with Gasteiger partial charge in [-0.1, -0.05) is 70.2 Å². The van der Waals surface area contributed by atoms with Crippen LogP contribution < -0.4 is 4.74 Å². The topological polar surface area (TPSA) is 9.23 Å². The molecule has 0 fully saturated rings. The Morgan fingerprint density at radius 2 is 1.43 bits per heavy atom. The third-order valence-corrected chi connectivity index (χ3v) is 3.56. The fourth-order valence-electron chi connectivity index (χ4n) is 2.50. The number of ether oxygens (including phenoxy) is 1. The van der Waals surface area contributed by atoms with Crippen LogP contribution in [0.15, 0.2) is 54.6 Å². The molecule has 0 radical (unpaired) electrons. The molecule has 112 valence electrons. The van der Waals surface area contributed by atoms with Crippen molar-refractivity contribution in [3.05, 3.63) is 54.6 Å². The van der Waals surface area contributed by atoms with Gasteiger partial charge in [0.1, 0.15) is 5.75 Å². The average molecular weight is 282 g/mol. The van der Waals surface area contributed by atoms with Crippen molar-refractivity contribution in [1.82, 2.24) is 0 Å². The fourth-order valence-corrected chi connectivity index (χ4v) is 2.50. The summed E-state index contributed by atoms with van der Waals surface area (Å²) in [7, 11) is 0. The second-order valence-corrected chi connectivity index (χ2v) is 6.80. The first-order chi connectivity index (χ1) is 9.98. The molecule has 0 heterocycles. The van der Waals surface area contributed by atoms with E-state index in [2.05, 4.69) is 76.2 Å². The molecule has 2 aromatic carbocycles. The van der Waals surface area contributed by atoms with Gasteiger partial charge < -0.3 is 4.74 Å². The van der Waals surface area contributed by atoms with Crippen LogP contribution in [0.3, 0.4) is 0 Å². The Morgan fingerprint density at radius 3 is 1.95 bits per heavy atom. The van der Waals surface area contributed by atoms with Crippen LogP contribution in [0.2, 0.25) is 0 Å². The second kappa shape index (κ2) is 6.80. The van der Waals surface area contributed by atoms with Gasteiger partial charge in [-0.3, -0.25) is 0 Å². The van der Waals surface area contributed by atoms with Crippen molar-refractivity contribution in [2.24, 2.45) is 5.41 Å². The smallest absolute Gasteiger partial charge is 0.119 e. The Labute approximate surface area is 129 Å². The predicted octanol–water partition coefficient (Wildman–Crippen LogP) is 5.95. The first-order valence-corrected chi connectivity index (χ1v) is 7.80. The molecule has 1 nitrogen and oxygen atoms in total. The van der Waals surface area contributed by atoms with Crippen LogP contribution in [0.1, 0.15) is 40.5 Å². The summed E-state index contributed by atoms with van der Waals surface area (Å²) in [6.07, 6.45) is 2.40. The number of benzene rings is 2. The molecular weight excluding hydrogens is 256 g/mol. The molecule has 0 spiro atoms. The van der Waals surface area contributed by atoms with Gasteiger partial charge in [0.05, 0.1) is 6.10 Å². The summed E-state index contributed by atoms with van der Waals surface area (Å²) >= 11 is 0. The summed E-state index contributed by atoms with van der Waals surface area (Å²) in [6, 6.07) is 18.9. The molecule has 0 aliphatic rings. The van der Waals surface area contributed by atoms with Crippen molar-refractivity contribution in [3.8, 4) is 16.9 Å². The zero-order chi connectivity index (χ0) is 15.3. The normalized spacial score (nSPS) is 13.0. The Bertz CT molecular complexity index is 534. The van der Waals surface area contributed by atoms with Crippen LogP contribution in [0, 0.1) is 5.41 Å². The summed E-state index contributed by atoms with van der Waals surface area (Å²) in [5, 5.41) is 0. The minimum Gasteiger partial charge on any atom is -0.490 e. The molecule has 0 aliphatic heterocycles. The van der Waals surface area contributed by atoms with Crippen molar-refractivity contribution < 1.29 is 4.74 Å². The molecule has 0 aliphatic carbocycles. The lowest BCUT2D eigenvalue weighted by Gasteiger charge is -2.26. The van der Waals surface area contributed by atoms with Gasteiger partial charge in [0, 0.05) is 0 Å². The molecule has 0 aromatic heterocycles. The lowest BCUT2D eigenvalue weighted by atomic mass is 9.88. The molecule has 2 aromatic rings. The monoisotopic (exact) mass is 282 g/mol. The van der Waals surface area contributed by atoms with E-state index in [0.29, 0.717) is 5.41 Å². The summed E-state index contributed by atoms with van der Waals surface area (Å²) in [6.45, 7) is 8.97. The van der Waals surface area contributed by atoms with E-state index in [0.717, 1.165) is 18.6 Å². The van der Waals surface area contributed by atoms with Crippen LogP contribution >= 0.6 is 0 Å². The maximum atomic E-state index is 6.13. The molecule has 0 amide bonds. The first-order valence-electron chi connectivity index (χ1n) is 7.80. The summed E-state index contributed by atoms with van der Waals surface area (Å²) in [5.74, 6) is 0.964. The quantitative estimate of drug-likeness (QED) is 0.658. The molecular formula is C20H26O. The van der Waals surface area contributed by atoms with Gasteiger partial charge in [0.15, 0.2) is 0 Å². The van der Waals surface area contributed by atoms with Crippen molar-refractivity contribution in [2.45, 2.75) is 46.6 Å². The second-order valence-electron chi connectivity index (χ2n) is 6.80. The van der Waals surface area contributed by atoms with Crippen LogP contribution in [0.25, 0.3) is 11.1 Å². The van der Waals surface area contributed by atoms with Crippen LogP contribution in [-0.2, 0) is 0 Å². The Kier molecular flexibility index (Phi) is 5.06. The minimum absolute atomic E-state index is 0.285. The van der Waals surface area contributed by atoms with Gasteiger partial charge in [-0.05, 0) is 41.5 Å². The highest BCUT2D eigenvalue weighted by molar-refractivity contribution is 5.63. The highest BCUT2D eigenvalue weighted by Crippen LogP contribution is 2.27. The van der Waals surface area contributed by atoms with Gasteiger partial charge in [-0.15, -0.1) is 0 Å². The van der Waals surface area contributed by atoms with Crippen LogP contribution in [0.4, 0.5) is 0 Å². The fraction of sp³-hybridized carbons (Fsp3) is 0.400. The largest absolute Gasteiger partial charge is 0.490 e. The van der Waals surface area contributed by atoms with Gasteiger partial charge in [-0.2, -0.15) is 0 Å². The minimum atomic E-state index is 0.285. The van der Waals surface area contributed by atoms with E-state index in [1.54, 1.807) is 0 Å². The first kappa shape index (κ1) is 15.6. The van der Waals surface area contributed by atoms with Crippen LogP contribution in [0.5, 0.6) is 5.75 Å². The number of hydrogen-bond donors (Lipinski definition) is 0. The molecule has 1 unspecified atom stereocenters. The van der Waals surface area contributed by atoms with E-state index in [1.807, 2.05) is 6.07 Å². The molecule has 1 heteroatoms. The lowest BCUT2D eigenvalue weighted by Crippen LogP contribution is -2.22. The third kappa shape index (κ3) is 4.93. The maximum Gasteiger partial charge on any atom is 0.119 e. The Balaban J connectivity index is 2.05. The molecule has 2 rings (SSSR count). The molecule has 1 atom stereocenters. The summed E-state index contributed by atoms with van der Waals surface area (Å²) < 4.78 is 6.13. The molecule has 0 bridgehead atoms. The Hall–Kier alpha value is -1.76. The summed E-state index contributed by atoms with van der Waals surface area (Å²) in [5.41, 5.74) is 2.77. The molecule has 21 heavy (non-hydrogen) atoms. The van der Waals surface area contributed by atoms with E-state index in [1.165, 1.54) is 11.1 Å². The van der Waals surface area contributed by atoms with Gasteiger partial charge in [-0.25, -0.2) is 0 Å². The zero-order valence-corrected chi connectivity index (χ0v) is 13.6. The standard InChI is InChI=1S/C20H26O/c1-5-18(15-20(2,3)4)21-19-13-11-17(12-14-19)16-9-7-6-8-10-16/h6-14,18H,5,15H2,1-4H3. The van der Waals surface area contributed by atoms with Crippen LogP contribution in [-0.4, -0.2) is 6.10 Å². The Morgan fingerprint density at radius 1 is 0.857 bits per heavy atom. The lowest BCUT2D eigenvalue weighted by molar-refractivity contribution is 0.140. The number of hydrogen-bond acceptors (Lipinski definition) is 1. The van der Waals surface area contributed by atoms with E-state index in [-0.39, 0.29) is 6.10 Å². The SMILES string of the molecule is CCC(CC(C)(C)C)Oc1ccc(-c2ccccc2)cc1. The van der Waals surface area contributed by atoms with Crippen molar-refractivity contribution in [2.75, 3.05) is 0 Å². The molecule has 0 N–H and O–H groups in total. The van der Waals surface area contributed by atoms with E-state index in [4.69, 9.17) is 4.74 Å². The molecule has 0 saturated heterocycles. The average Bonchev–Trinajstić information content (AvgIpc) is 2.47. The van der Waals surface area contributed by atoms with Crippen molar-refractivity contribution >= 4 is 0 Å². The van der Waals surface area contributed by atoms with Gasteiger partial charge in [0.2, 0.25) is 0 Å². The van der Waals surface area contributed by atoms with E-state index in [9.17, 15) is 0 Å². The highest BCUT2D eigenvalue weighted by Gasteiger charge is 2.18. The van der Waals surface area contributed by atoms with Crippen molar-refractivity contribution in [3.63, 3.8) is 0 Å². The highest BCUT2D eigenvalue weighted by atomic mass is 16.5. The van der Waals surface area contributed by atoms with E-state index >= 15 is 0 Å². The predicted molar refractivity (Wildman–Crippen MR) is 90.7 cm³/mol. The van der Waals surface area contributed by atoms with Gasteiger partial charge in [0.25, 0.3) is 0 Å². The van der Waals surface area contributed by atoms with Crippen molar-refractivity contribution in [1.29, 1.82) is 0 Å².